The van der Waals surface area contributed by atoms with Gasteiger partial charge in [0.2, 0.25) is 0 Å². The van der Waals surface area contributed by atoms with Crippen molar-refractivity contribution in [2.75, 3.05) is 12.4 Å². The smallest absolute Gasteiger partial charge is 0.280 e. The first-order valence-electron chi connectivity index (χ1n) is 3.78. The van der Waals surface area contributed by atoms with Crippen LogP contribution < -0.4 is 10.1 Å². The van der Waals surface area contributed by atoms with E-state index < -0.39 is 0 Å². The maximum Gasteiger partial charge on any atom is 0.280 e. The molecule has 0 saturated carbocycles. The van der Waals surface area contributed by atoms with Crippen LogP contribution >= 0.6 is 12.6 Å². The van der Waals surface area contributed by atoms with Crippen molar-refractivity contribution < 1.29 is 9.53 Å². The first-order chi connectivity index (χ1) is 6.13. The van der Waals surface area contributed by atoms with Crippen LogP contribution in [0.25, 0.3) is 0 Å². The van der Waals surface area contributed by atoms with Gasteiger partial charge in [-0.2, -0.15) is 0 Å². The summed E-state index contributed by atoms with van der Waals surface area (Å²) in [6, 6.07) is 5.39. The number of aryl methyl sites for hydroxylation is 1. The third kappa shape index (κ3) is 2.66. The van der Waals surface area contributed by atoms with Gasteiger partial charge in [0.05, 0.1) is 7.11 Å². The predicted octanol–water partition coefficient (Wildman–Crippen LogP) is 2.47. The van der Waals surface area contributed by atoms with Crippen LogP contribution in [0.3, 0.4) is 0 Å². The van der Waals surface area contributed by atoms with Crippen LogP contribution in [0.4, 0.5) is 10.5 Å². The van der Waals surface area contributed by atoms with Gasteiger partial charge in [-0.25, -0.2) is 0 Å². The van der Waals surface area contributed by atoms with E-state index in [1.807, 2.05) is 13.0 Å². The number of nitrogens with one attached hydrogen (secondary N) is 1. The summed E-state index contributed by atoms with van der Waals surface area (Å²) in [5.41, 5.74) is 1.69. The second-order valence-electron chi connectivity index (χ2n) is 2.61. The molecule has 0 aliphatic heterocycles. The van der Waals surface area contributed by atoms with E-state index in [2.05, 4.69) is 17.9 Å². The van der Waals surface area contributed by atoms with Gasteiger partial charge in [-0.15, -0.1) is 0 Å². The molecule has 1 aromatic carbocycles. The van der Waals surface area contributed by atoms with E-state index in [1.165, 1.54) is 0 Å². The maximum absolute atomic E-state index is 10.6. The van der Waals surface area contributed by atoms with Crippen molar-refractivity contribution in [2.45, 2.75) is 6.92 Å². The average Bonchev–Trinajstić information content (AvgIpc) is 2.03. The normalized spacial score (nSPS) is 9.46. The van der Waals surface area contributed by atoms with E-state index >= 15 is 0 Å². The van der Waals surface area contributed by atoms with Crippen LogP contribution in [0.15, 0.2) is 18.2 Å². The molecule has 1 N–H and O–H groups in total. The van der Waals surface area contributed by atoms with Gasteiger partial charge in [0.25, 0.3) is 5.24 Å². The minimum absolute atomic E-state index is 0.371. The average molecular weight is 197 g/mol. The van der Waals surface area contributed by atoms with Crippen LogP contribution in [0, 0.1) is 6.92 Å². The number of hydrogen-bond acceptors (Lipinski definition) is 2. The Balaban J connectivity index is 2.89. The summed E-state index contributed by atoms with van der Waals surface area (Å²) >= 11 is 3.61. The van der Waals surface area contributed by atoms with Gasteiger partial charge >= 0.3 is 0 Å². The molecular formula is C9H11NO2S. The lowest BCUT2D eigenvalue weighted by Crippen LogP contribution is -2.01. The molecule has 1 amide bonds. The van der Waals surface area contributed by atoms with Crippen LogP contribution in [0.5, 0.6) is 5.75 Å². The molecule has 4 heteroatoms. The number of benzene rings is 1. The van der Waals surface area contributed by atoms with Crippen molar-refractivity contribution in [3.63, 3.8) is 0 Å². The number of rotatable bonds is 2. The quantitative estimate of drug-likeness (QED) is 0.715. The van der Waals surface area contributed by atoms with Gasteiger partial charge in [0.1, 0.15) is 5.75 Å². The molecular weight excluding hydrogens is 186 g/mol. The molecule has 0 spiro atoms. The molecule has 0 radical (unpaired) electrons. The number of anilines is 1. The maximum atomic E-state index is 10.6. The molecule has 0 bridgehead atoms. The highest BCUT2D eigenvalue weighted by Crippen LogP contribution is 2.21. The molecule has 0 aliphatic carbocycles. The topological polar surface area (TPSA) is 38.3 Å². The summed E-state index contributed by atoms with van der Waals surface area (Å²) in [5, 5.41) is 2.20. The number of thiol groups is 1. The van der Waals surface area contributed by atoms with E-state index in [4.69, 9.17) is 4.74 Å². The molecule has 0 fully saturated rings. The van der Waals surface area contributed by atoms with Crippen LogP contribution in [-0.2, 0) is 0 Å². The lowest BCUT2D eigenvalue weighted by atomic mass is 10.2. The molecule has 3 nitrogen and oxygen atoms in total. The second kappa shape index (κ2) is 4.18. The Bertz CT molecular complexity index is 325. The Morgan fingerprint density at radius 3 is 2.69 bits per heavy atom. The van der Waals surface area contributed by atoms with Crippen LogP contribution in [0.2, 0.25) is 0 Å². The highest BCUT2D eigenvalue weighted by molar-refractivity contribution is 7.96. The van der Waals surface area contributed by atoms with Crippen LogP contribution in [-0.4, -0.2) is 12.3 Å². The molecule has 0 unspecified atom stereocenters. The molecule has 0 saturated heterocycles. The zero-order valence-corrected chi connectivity index (χ0v) is 8.39. The van der Waals surface area contributed by atoms with Crippen molar-refractivity contribution in [1.29, 1.82) is 0 Å². The SMILES string of the molecule is COc1ccc(NC(=O)S)cc1C. The lowest BCUT2D eigenvalue weighted by Gasteiger charge is -2.06. The summed E-state index contributed by atoms with van der Waals surface area (Å²) in [7, 11) is 1.61. The van der Waals surface area contributed by atoms with Gasteiger partial charge in [-0.05, 0) is 30.7 Å². The number of hydrogen-bond donors (Lipinski definition) is 2. The second-order valence-corrected chi connectivity index (χ2v) is 3.02. The monoisotopic (exact) mass is 197 g/mol. The highest BCUT2D eigenvalue weighted by atomic mass is 32.1. The molecule has 0 heterocycles. The Morgan fingerprint density at radius 2 is 2.23 bits per heavy atom. The Morgan fingerprint density at radius 1 is 1.54 bits per heavy atom. The molecule has 1 aromatic rings. The van der Waals surface area contributed by atoms with E-state index in [9.17, 15) is 4.79 Å². The summed E-state index contributed by atoms with van der Waals surface area (Å²) in [6.45, 7) is 1.91. The number of methoxy groups -OCH3 is 1. The minimum Gasteiger partial charge on any atom is -0.496 e. The van der Waals surface area contributed by atoms with Crippen molar-refractivity contribution in [3.05, 3.63) is 23.8 Å². The Labute approximate surface area is 82.5 Å². The standard InChI is InChI=1S/C9H11NO2S/c1-6-5-7(10-9(11)13)3-4-8(6)12-2/h3-5H,1-2H3,(H2,10,11,13). The van der Waals surface area contributed by atoms with E-state index in [1.54, 1.807) is 19.2 Å². The summed E-state index contributed by atoms with van der Waals surface area (Å²) in [4.78, 5) is 10.6. The van der Waals surface area contributed by atoms with Crippen molar-refractivity contribution in [1.82, 2.24) is 0 Å². The third-order valence-electron chi connectivity index (χ3n) is 1.65. The molecule has 70 valence electrons. The zero-order chi connectivity index (χ0) is 9.84. The third-order valence-corrected chi connectivity index (χ3v) is 1.76. The fourth-order valence-electron chi connectivity index (χ4n) is 1.08. The fourth-order valence-corrected chi connectivity index (χ4v) is 1.21. The van der Waals surface area contributed by atoms with Crippen LogP contribution in [0.1, 0.15) is 5.56 Å². The number of ether oxygens (including phenoxy) is 1. The molecule has 0 aliphatic rings. The summed E-state index contributed by atoms with van der Waals surface area (Å²) < 4.78 is 5.07. The van der Waals surface area contributed by atoms with Gasteiger partial charge in [0, 0.05) is 5.69 Å². The van der Waals surface area contributed by atoms with Gasteiger partial charge in [-0.1, -0.05) is 12.6 Å². The molecule has 0 atom stereocenters. The fraction of sp³-hybridized carbons (Fsp3) is 0.222. The Kier molecular flexibility index (Phi) is 3.19. The number of amides is 1. The number of carbonyl (C=O) groups is 1. The van der Waals surface area contributed by atoms with Gasteiger partial charge in [-0.3, -0.25) is 4.79 Å². The van der Waals surface area contributed by atoms with Crippen molar-refractivity contribution in [3.8, 4) is 5.75 Å². The van der Waals surface area contributed by atoms with Gasteiger partial charge < -0.3 is 10.1 Å². The first kappa shape index (κ1) is 9.92. The summed E-state index contributed by atoms with van der Waals surface area (Å²) in [6.07, 6.45) is 0. The van der Waals surface area contributed by atoms with E-state index in [-0.39, 0.29) is 5.24 Å². The van der Waals surface area contributed by atoms with Crippen molar-refractivity contribution >= 4 is 23.6 Å². The largest absolute Gasteiger partial charge is 0.496 e. The van der Waals surface area contributed by atoms with Gasteiger partial charge in [0.15, 0.2) is 0 Å². The zero-order valence-electron chi connectivity index (χ0n) is 7.50. The van der Waals surface area contributed by atoms with E-state index in [0.717, 1.165) is 17.0 Å². The summed E-state index contributed by atoms with van der Waals surface area (Å²) in [5.74, 6) is 0.803. The van der Waals surface area contributed by atoms with E-state index in [0.29, 0.717) is 0 Å². The molecule has 0 aromatic heterocycles. The predicted molar refractivity (Wildman–Crippen MR) is 55.7 cm³/mol. The minimum atomic E-state index is -0.371. The number of carbonyl (C=O) groups excluding carboxylic acids is 1. The Hall–Kier alpha value is -1.16. The first-order valence-corrected chi connectivity index (χ1v) is 4.23. The lowest BCUT2D eigenvalue weighted by molar-refractivity contribution is 0.270. The molecule has 1 rings (SSSR count). The highest BCUT2D eigenvalue weighted by Gasteiger charge is 2.00. The van der Waals surface area contributed by atoms with Crippen molar-refractivity contribution in [2.24, 2.45) is 0 Å². The molecule has 13 heavy (non-hydrogen) atoms.